The fourth-order valence-corrected chi connectivity index (χ4v) is 1.51. The van der Waals surface area contributed by atoms with Gasteiger partial charge in [-0.15, -0.1) is 0 Å². The zero-order valence-electron chi connectivity index (χ0n) is 9.98. The molecule has 0 fully saturated rings. The molecule has 0 aliphatic heterocycles. The van der Waals surface area contributed by atoms with E-state index in [1.54, 1.807) is 0 Å². The van der Waals surface area contributed by atoms with Crippen LogP contribution in [0.1, 0.15) is 15.9 Å². The third kappa shape index (κ3) is 3.05. The van der Waals surface area contributed by atoms with Gasteiger partial charge >= 0.3 is 6.18 Å². The van der Waals surface area contributed by atoms with Crippen molar-refractivity contribution >= 4 is 11.7 Å². The summed E-state index contributed by atoms with van der Waals surface area (Å²) >= 11 is 0. The summed E-state index contributed by atoms with van der Waals surface area (Å²) in [5.74, 6) is -1.17. The molecule has 104 valence electrons. The van der Waals surface area contributed by atoms with Crippen LogP contribution in [0, 0.1) is 0 Å². The van der Waals surface area contributed by atoms with Gasteiger partial charge in [0, 0.05) is 11.8 Å². The van der Waals surface area contributed by atoms with Crippen molar-refractivity contribution < 1.29 is 23.1 Å². The van der Waals surface area contributed by atoms with E-state index in [1.165, 1.54) is 24.4 Å². The molecule has 0 saturated heterocycles. The Kier molecular flexibility index (Phi) is 3.60. The number of nitrogens with zero attached hydrogens (tertiary/aromatic N) is 1. The van der Waals surface area contributed by atoms with Crippen molar-refractivity contribution in [3.05, 3.63) is 53.7 Å². The summed E-state index contributed by atoms with van der Waals surface area (Å²) in [4.78, 5) is 15.5. The van der Waals surface area contributed by atoms with E-state index in [1.807, 2.05) is 0 Å². The minimum atomic E-state index is -4.52. The fraction of sp³-hybridized carbons (Fsp3) is 0.0769. The van der Waals surface area contributed by atoms with E-state index in [9.17, 15) is 23.1 Å². The predicted octanol–water partition coefficient (Wildman–Crippen LogP) is 3.06. The molecule has 1 aromatic heterocycles. The van der Waals surface area contributed by atoms with Gasteiger partial charge in [-0.05, 0) is 30.3 Å². The number of rotatable bonds is 2. The van der Waals surface area contributed by atoms with Gasteiger partial charge in [0.05, 0.1) is 5.56 Å². The first-order valence-electron chi connectivity index (χ1n) is 5.50. The van der Waals surface area contributed by atoms with Gasteiger partial charge in [0.2, 0.25) is 0 Å². The Labute approximate surface area is 111 Å². The van der Waals surface area contributed by atoms with Gasteiger partial charge in [-0.1, -0.05) is 6.07 Å². The van der Waals surface area contributed by atoms with Crippen molar-refractivity contribution in [1.82, 2.24) is 4.98 Å². The van der Waals surface area contributed by atoms with Crippen molar-refractivity contribution in [3.63, 3.8) is 0 Å². The molecule has 2 N–H and O–H groups in total. The average Bonchev–Trinajstić information content (AvgIpc) is 2.40. The Balaban J connectivity index is 2.24. The topological polar surface area (TPSA) is 62.2 Å². The molecule has 2 rings (SSSR count). The third-order valence-corrected chi connectivity index (χ3v) is 2.47. The minimum absolute atomic E-state index is 0.116. The summed E-state index contributed by atoms with van der Waals surface area (Å²) in [7, 11) is 0. The van der Waals surface area contributed by atoms with E-state index in [0.717, 1.165) is 18.2 Å². The molecule has 0 spiro atoms. The Morgan fingerprint density at radius 2 is 1.95 bits per heavy atom. The summed E-state index contributed by atoms with van der Waals surface area (Å²) < 4.78 is 37.6. The van der Waals surface area contributed by atoms with E-state index >= 15 is 0 Å². The van der Waals surface area contributed by atoms with E-state index in [-0.39, 0.29) is 17.1 Å². The third-order valence-electron chi connectivity index (χ3n) is 2.47. The van der Waals surface area contributed by atoms with Crippen LogP contribution in [0.2, 0.25) is 0 Å². The number of aromatic nitrogens is 1. The quantitative estimate of drug-likeness (QED) is 0.889. The molecule has 7 heteroatoms. The van der Waals surface area contributed by atoms with Gasteiger partial charge in [0.15, 0.2) is 11.6 Å². The van der Waals surface area contributed by atoms with Crippen LogP contribution in [0.3, 0.4) is 0 Å². The summed E-state index contributed by atoms with van der Waals surface area (Å²) in [6, 6.07) is 6.73. The van der Waals surface area contributed by atoms with Gasteiger partial charge < -0.3 is 10.4 Å². The van der Waals surface area contributed by atoms with Crippen LogP contribution in [0.4, 0.5) is 19.0 Å². The predicted molar refractivity (Wildman–Crippen MR) is 65.3 cm³/mol. The number of hydrogen-bond acceptors (Lipinski definition) is 3. The maximum atomic E-state index is 12.5. The maximum Gasteiger partial charge on any atom is 0.416 e. The molecule has 2 aromatic rings. The zero-order valence-corrected chi connectivity index (χ0v) is 9.98. The van der Waals surface area contributed by atoms with Crippen LogP contribution in [-0.4, -0.2) is 16.0 Å². The molecule has 0 radical (unpaired) electrons. The summed E-state index contributed by atoms with van der Waals surface area (Å²) in [5.41, 5.74) is -1.10. The van der Waals surface area contributed by atoms with Crippen LogP contribution in [0.15, 0.2) is 42.6 Å². The fourth-order valence-electron chi connectivity index (χ4n) is 1.51. The highest BCUT2D eigenvalue weighted by Gasteiger charge is 2.30. The van der Waals surface area contributed by atoms with Crippen LogP contribution in [0.25, 0.3) is 0 Å². The van der Waals surface area contributed by atoms with Crippen LogP contribution >= 0.6 is 0 Å². The van der Waals surface area contributed by atoms with Gasteiger partial charge in [-0.3, -0.25) is 4.79 Å². The number of hydrogen-bond donors (Lipinski definition) is 2. The van der Waals surface area contributed by atoms with Crippen molar-refractivity contribution in [2.24, 2.45) is 0 Å². The van der Waals surface area contributed by atoms with Crippen molar-refractivity contribution in [3.8, 4) is 5.75 Å². The van der Waals surface area contributed by atoms with E-state index in [4.69, 9.17) is 0 Å². The molecule has 0 aliphatic carbocycles. The van der Waals surface area contributed by atoms with E-state index in [2.05, 4.69) is 10.3 Å². The Morgan fingerprint density at radius 3 is 2.60 bits per heavy atom. The number of halogens is 3. The highest BCUT2D eigenvalue weighted by Crippen LogP contribution is 2.29. The van der Waals surface area contributed by atoms with E-state index < -0.39 is 17.6 Å². The Morgan fingerprint density at radius 1 is 1.20 bits per heavy atom. The molecule has 0 saturated carbocycles. The molecule has 0 atom stereocenters. The molecule has 0 aliphatic rings. The first-order valence-corrected chi connectivity index (χ1v) is 5.50. The molecule has 1 aromatic carbocycles. The largest absolute Gasteiger partial charge is 0.504 e. The van der Waals surface area contributed by atoms with Crippen molar-refractivity contribution in [1.29, 1.82) is 0 Å². The molecule has 4 nitrogen and oxygen atoms in total. The smallest absolute Gasteiger partial charge is 0.416 e. The number of carbonyl (C=O) groups excluding carboxylic acids is 1. The van der Waals surface area contributed by atoms with Gasteiger partial charge in [0.25, 0.3) is 5.91 Å². The first-order chi connectivity index (χ1) is 9.38. The number of nitrogens with one attached hydrogen (secondary N) is 1. The second-order valence-electron chi connectivity index (χ2n) is 3.90. The maximum absolute atomic E-state index is 12.5. The number of anilines is 1. The molecule has 1 amide bonds. The highest BCUT2D eigenvalue weighted by molar-refractivity contribution is 6.04. The Bertz CT molecular complexity index is 642. The van der Waals surface area contributed by atoms with Crippen LogP contribution in [0.5, 0.6) is 5.75 Å². The number of carbonyl (C=O) groups is 1. The van der Waals surface area contributed by atoms with Crippen LogP contribution in [-0.2, 0) is 6.18 Å². The highest BCUT2D eigenvalue weighted by atomic mass is 19.4. The molecule has 0 bridgehead atoms. The molecule has 1 heterocycles. The number of benzene rings is 1. The van der Waals surface area contributed by atoms with E-state index in [0.29, 0.717) is 0 Å². The first kappa shape index (κ1) is 13.9. The Hall–Kier alpha value is -2.57. The second-order valence-corrected chi connectivity index (χ2v) is 3.90. The normalized spacial score (nSPS) is 11.2. The van der Waals surface area contributed by atoms with Crippen LogP contribution < -0.4 is 5.32 Å². The number of aromatic hydroxyl groups is 1. The van der Waals surface area contributed by atoms with Gasteiger partial charge in [-0.25, -0.2) is 4.98 Å². The SMILES string of the molecule is O=C(Nc1ncccc1O)c1cccc(C(F)(F)F)c1. The molecule has 20 heavy (non-hydrogen) atoms. The summed E-state index contributed by atoms with van der Waals surface area (Å²) in [6.07, 6.45) is -3.19. The molecular formula is C13H9F3N2O2. The zero-order chi connectivity index (χ0) is 14.8. The number of pyridine rings is 1. The standard InChI is InChI=1S/C13H9F3N2O2/c14-13(15,16)9-4-1-3-8(7-9)12(20)18-11-10(19)5-2-6-17-11/h1-7,19H,(H,17,18,20). The number of amides is 1. The lowest BCUT2D eigenvalue weighted by molar-refractivity contribution is -0.137. The summed E-state index contributed by atoms with van der Waals surface area (Å²) in [6.45, 7) is 0. The number of alkyl halides is 3. The molecular weight excluding hydrogens is 273 g/mol. The molecule has 0 unspecified atom stereocenters. The lowest BCUT2D eigenvalue weighted by atomic mass is 10.1. The van der Waals surface area contributed by atoms with Crippen molar-refractivity contribution in [2.75, 3.05) is 5.32 Å². The average molecular weight is 282 g/mol. The lowest BCUT2D eigenvalue weighted by Gasteiger charge is -2.09. The van der Waals surface area contributed by atoms with Gasteiger partial charge in [-0.2, -0.15) is 13.2 Å². The minimum Gasteiger partial charge on any atom is -0.504 e. The second kappa shape index (κ2) is 5.20. The lowest BCUT2D eigenvalue weighted by Crippen LogP contribution is -2.14. The van der Waals surface area contributed by atoms with Crippen molar-refractivity contribution in [2.45, 2.75) is 6.18 Å². The summed E-state index contributed by atoms with van der Waals surface area (Å²) in [5, 5.41) is 11.7. The monoisotopic (exact) mass is 282 g/mol. The van der Waals surface area contributed by atoms with Gasteiger partial charge in [0.1, 0.15) is 0 Å².